The molecule has 0 spiro atoms. The monoisotopic (exact) mass is 268 g/mol. The van der Waals surface area contributed by atoms with Crippen molar-refractivity contribution in [2.45, 2.75) is 64.5 Å². The van der Waals surface area contributed by atoms with Gasteiger partial charge in [-0.1, -0.05) is 26.7 Å². The van der Waals surface area contributed by atoms with Crippen LogP contribution in [0.1, 0.15) is 68.0 Å². The molecular formula is C14H24N2OS. The molecule has 1 fully saturated rings. The van der Waals surface area contributed by atoms with Crippen molar-refractivity contribution >= 4 is 11.3 Å². The van der Waals surface area contributed by atoms with Gasteiger partial charge in [-0.3, -0.25) is 0 Å². The van der Waals surface area contributed by atoms with Gasteiger partial charge in [-0.25, -0.2) is 4.98 Å². The normalized spacial score (nSPS) is 18.7. The molecule has 0 unspecified atom stereocenters. The fraction of sp³-hybridized carbons (Fsp3) is 0.786. The van der Waals surface area contributed by atoms with E-state index in [1.54, 1.807) is 11.3 Å². The zero-order chi connectivity index (χ0) is 13.2. The molecule has 1 aromatic heterocycles. The molecule has 0 saturated heterocycles. The Labute approximate surface area is 114 Å². The first-order chi connectivity index (χ1) is 8.63. The van der Waals surface area contributed by atoms with Crippen LogP contribution in [0.5, 0.6) is 0 Å². The van der Waals surface area contributed by atoms with Gasteiger partial charge in [-0.15, -0.1) is 11.3 Å². The summed E-state index contributed by atoms with van der Waals surface area (Å²) in [6.07, 6.45) is 4.70. The molecule has 4 heteroatoms. The Balaban J connectivity index is 2.36. The lowest BCUT2D eigenvalue weighted by Gasteiger charge is -2.26. The molecule has 3 nitrogen and oxygen atoms in total. The van der Waals surface area contributed by atoms with Gasteiger partial charge in [0.25, 0.3) is 0 Å². The summed E-state index contributed by atoms with van der Waals surface area (Å²) < 4.78 is 6.08. The van der Waals surface area contributed by atoms with Crippen LogP contribution in [0.4, 0.5) is 0 Å². The van der Waals surface area contributed by atoms with Crippen LogP contribution < -0.4 is 5.73 Å². The van der Waals surface area contributed by atoms with Crippen LogP contribution in [0.15, 0.2) is 0 Å². The maximum Gasteiger partial charge on any atom is 0.125 e. The minimum Gasteiger partial charge on any atom is -0.368 e. The maximum atomic E-state index is 6.08. The molecule has 102 valence electrons. The summed E-state index contributed by atoms with van der Waals surface area (Å²) >= 11 is 1.76. The van der Waals surface area contributed by atoms with E-state index in [2.05, 4.69) is 20.8 Å². The number of rotatable bonds is 5. The molecule has 1 aromatic rings. The predicted molar refractivity (Wildman–Crippen MR) is 75.9 cm³/mol. The molecule has 0 aromatic carbocycles. The number of aromatic nitrogens is 1. The summed E-state index contributed by atoms with van der Waals surface area (Å²) in [6, 6.07) is 0. The van der Waals surface area contributed by atoms with Crippen molar-refractivity contribution in [1.82, 2.24) is 4.98 Å². The number of hydrogen-bond acceptors (Lipinski definition) is 4. The summed E-state index contributed by atoms with van der Waals surface area (Å²) in [7, 11) is 0. The highest BCUT2D eigenvalue weighted by atomic mass is 32.1. The molecular weight excluding hydrogens is 244 g/mol. The Hall–Kier alpha value is -0.450. The average Bonchev–Trinajstić information content (AvgIpc) is 2.95. The van der Waals surface area contributed by atoms with E-state index in [0.29, 0.717) is 12.5 Å². The van der Waals surface area contributed by atoms with Gasteiger partial charge in [0.05, 0.1) is 5.69 Å². The summed E-state index contributed by atoms with van der Waals surface area (Å²) in [6.45, 7) is 7.78. The SMILES string of the molecule is CCOC1(c2nc(C(C)C)c(CN)s2)CCCC1. The standard InChI is InChI=1S/C14H24N2OS/c1-4-17-14(7-5-6-8-14)13-16-12(10(2)3)11(9-15)18-13/h10H,4-9,15H2,1-3H3. The topological polar surface area (TPSA) is 48.1 Å². The Morgan fingerprint density at radius 2 is 2.06 bits per heavy atom. The van der Waals surface area contributed by atoms with Crippen molar-refractivity contribution in [2.24, 2.45) is 5.73 Å². The largest absolute Gasteiger partial charge is 0.368 e. The third-order valence-corrected chi connectivity index (χ3v) is 4.96. The predicted octanol–water partition coefficient (Wildman–Crippen LogP) is 3.53. The third kappa shape index (κ3) is 2.46. The van der Waals surface area contributed by atoms with Gasteiger partial charge in [-0.2, -0.15) is 0 Å². The zero-order valence-corrected chi connectivity index (χ0v) is 12.5. The molecule has 1 heterocycles. The summed E-state index contributed by atoms with van der Waals surface area (Å²) in [4.78, 5) is 6.09. The molecule has 0 aliphatic heterocycles. The number of hydrogen-bond donors (Lipinski definition) is 1. The molecule has 0 radical (unpaired) electrons. The van der Waals surface area contributed by atoms with Gasteiger partial charge in [0.2, 0.25) is 0 Å². The first kappa shape index (κ1) is 14.0. The van der Waals surface area contributed by atoms with Crippen LogP contribution in [0.2, 0.25) is 0 Å². The third-order valence-electron chi connectivity index (χ3n) is 3.68. The molecule has 2 rings (SSSR count). The van der Waals surface area contributed by atoms with Crippen molar-refractivity contribution in [3.05, 3.63) is 15.6 Å². The van der Waals surface area contributed by atoms with Gasteiger partial charge in [-0.05, 0) is 25.7 Å². The van der Waals surface area contributed by atoms with Crippen LogP contribution >= 0.6 is 11.3 Å². The van der Waals surface area contributed by atoms with E-state index in [0.717, 1.165) is 24.5 Å². The van der Waals surface area contributed by atoms with Crippen LogP contribution in [-0.4, -0.2) is 11.6 Å². The van der Waals surface area contributed by atoms with Crippen LogP contribution in [-0.2, 0) is 16.9 Å². The minimum atomic E-state index is -0.115. The quantitative estimate of drug-likeness (QED) is 0.888. The Morgan fingerprint density at radius 1 is 1.39 bits per heavy atom. The molecule has 1 aliphatic rings. The summed E-state index contributed by atoms with van der Waals surface area (Å²) in [5.74, 6) is 0.439. The highest BCUT2D eigenvalue weighted by Gasteiger charge is 2.39. The van der Waals surface area contributed by atoms with E-state index in [9.17, 15) is 0 Å². The van der Waals surface area contributed by atoms with E-state index < -0.39 is 0 Å². The van der Waals surface area contributed by atoms with Gasteiger partial charge in [0, 0.05) is 18.0 Å². The molecule has 1 aliphatic carbocycles. The van der Waals surface area contributed by atoms with Crippen molar-refractivity contribution in [2.75, 3.05) is 6.61 Å². The maximum absolute atomic E-state index is 6.08. The van der Waals surface area contributed by atoms with E-state index in [-0.39, 0.29) is 5.60 Å². The van der Waals surface area contributed by atoms with Gasteiger partial charge in [0.1, 0.15) is 10.6 Å². The Bertz CT molecular complexity index is 394. The zero-order valence-electron chi connectivity index (χ0n) is 11.7. The molecule has 0 atom stereocenters. The molecule has 1 saturated carbocycles. The lowest BCUT2D eigenvalue weighted by Crippen LogP contribution is -2.26. The van der Waals surface area contributed by atoms with E-state index in [1.165, 1.54) is 23.4 Å². The van der Waals surface area contributed by atoms with Gasteiger partial charge >= 0.3 is 0 Å². The van der Waals surface area contributed by atoms with Crippen LogP contribution in [0, 0.1) is 0 Å². The second-order valence-corrected chi connectivity index (χ2v) is 6.40. The van der Waals surface area contributed by atoms with Crippen molar-refractivity contribution in [3.8, 4) is 0 Å². The fourth-order valence-corrected chi connectivity index (χ4v) is 4.09. The van der Waals surface area contributed by atoms with Crippen LogP contribution in [0.3, 0.4) is 0 Å². The number of ether oxygens (including phenoxy) is 1. The first-order valence-electron chi connectivity index (χ1n) is 6.97. The van der Waals surface area contributed by atoms with E-state index in [4.69, 9.17) is 15.5 Å². The second-order valence-electron chi connectivity index (χ2n) is 5.32. The Morgan fingerprint density at radius 3 is 2.50 bits per heavy atom. The molecule has 2 N–H and O–H groups in total. The lowest BCUT2D eigenvalue weighted by molar-refractivity contribution is -0.0392. The summed E-state index contributed by atoms with van der Waals surface area (Å²) in [5.41, 5.74) is 6.90. The summed E-state index contributed by atoms with van der Waals surface area (Å²) in [5, 5.41) is 1.16. The van der Waals surface area contributed by atoms with E-state index in [1.807, 2.05) is 0 Å². The highest BCUT2D eigenvalue weighted by Crippen LogP contribution is 2.44. The molecule has 18 heavy (non-hydrogen) atoms. The van der Waals surface area contributed by atoms with Crippen molar-refractivity contribution in [3.63, 3.8) is 0 Å². The van der Waals surface area contributed by atoms with E-state index >= 15 is 0 Å². The van der Waals surface area contributed by atoms with Crippen molar-refractivity contribution < 1.29 is 4.74 Å². The van der Waals surface area contributed by atoms with Gasteiger partial charge < -0.3 is 10.5 Å². The number of nitrogens with two attached hydrogens (primary N) is 1. The van der Waals surface area contributed by atoms with Crippen molar-refractivity contribution in [1.29, 1.82) is 0 Å². The lowest BCUT2D eigenvalue weighted by atomic mass is 10.0. The molecule has 0 bridgehead atoms. The molecule has 0 amide bonds. The first-order valence-corrected chi connectivity index (χ1v) is 7.78. The smallest absolute Gasteiger partial charge is 0.125 e. The highest BCUT2D eigenvalue weighted by molar-refractivity contribution is 7.11. The van der Waals surface area contributed by atoms with Crippen LogP contribution in [0.25, 0.3) is 0 Å². The minimum absolute atomic E-state index is 0.115. The fourth-order valence-electron chi connectivity index (χ4n) is 2.80. The second kappa shape index (κ2) is 5.68. The Kier molecular flexibility index (Phi) is 4.41. The average molecular weight is 268 g/mol. The number of thiazole rings is 1. The van der Waals surface area contributed by atoms with Gasteiger partial charge in [0.15, 0.2) is 0 Å². The number of nitrogens with zero attached hydrogens (tertiary/aromatic N) is 1.